The summed E-state index contributed by atoms with van der Waals surface area (Å²) in [5.74, 6) is -2.00. The maximum atomic E-state index is 10.5. The highest BCUT2D eigenvalue weighted by molar-refractivity contribution is 5.98. The number of carbonyl (C=O) groups excluding carboxylic acids is 1. The topological polar surface area (TPSA) is 178 Å². The van der Waals surface area contributed by atoms with Crippen molar-refractivity contribution >= 4 is 17.8 Å². The number of hydrogen-bond donors (Lipinski definition) is 4. The molecule has 11 nitrogen and oxygen atoms in total. The van der Waals surface area contributed by atoms with Gasteiger partial charge in [0.05, 0.1) is 23.7 Å². The minimum absolute atomic E-state index is 0. The van der Waals surface area contributed by atoms with E-state index in [0.717, 1.165) is 41.2 Å². The zero-order chi connectivity index (χ0) is 26.1. The van der Waals surface area contributed by atoms with Gasteiger partial charge in [0.2, 0.25) is 0 Å². The maximum Gasteiger partial charge on any atom is 0.430 e. The molecule has 0 fully saturated rings. The Labute approximate surface area is 210 Å². The second kappa shape index (κ2) is 12.9. The van der Waals surface area contributed by atoms with Gasteiger partial charge in [-0.15, -0.1) is 5.43 Å². The number of aromatic nitrogens is 2. The van der Waals surface area contributed by atoms with E-state index in [2.05, 4.69) is 60.4 Å². The number of aliphatic carboxylic acids is 1. The Bertz CT molecular complexity index is 1280. The number of hydrogen-bond acceptors (Lipinski definition) is 6. The Morgan fingerprint density at radius 2 is 1.73 bits per heavy atom. The number of quaternary nitrogens is 1. The molecule has 1 aliphatic heterocycles. The first kappa shape index (κ1) is 28.6. The molecular formula is C23H27F3N9O2+. The normalized spacial score (nSPS) is 12.1. The molecule has 0 radical (unpaired) electrons. The lowest BCUT2D eigenvalue weighted by Crippen LogP contribution is -2.80. The van der Waals surface area contributed by atoms with Gasteiger partial charge in [-0.3, -0.25) is 16.5 Å². The van der Waals surface area contributed by atoms with Crippen LogP contribution >= 0.6 is 0 Å². The van der Waals surface area contributed by atoms with Crippen LogP contribution in [0.2, 0.25) is 0 Å². The van der Waals surface area contributed by atoms with Crippen molar-refractivity contribution in [1.82, 2.24) is 9.55 Å². The molecule has 7 N–H and O–H groups in total. The molecule has 0 aliphatic carbocycles. The fraction of sp³-hybridized carbons (Fsp3) is 0.217. The second-order valence-corrected chi connectivity index (χ2v) is 7.49. The van der Waals surface area contributed by atoms with Gasteiger partial charge in [0, 0.05) is 30.1 Å². The van der Waals surface area contributed by atoms with Gasteiger partial charge in [-0.1, -0.05) is 55.0 Å². The number of imidazole rings is 1. The molecule has 1 aromatic heterocycles. The van der Waals surface area contributed by atoms with Crippen LogP contribution < -0.4 is 27.0 Å². The Hall–Kier alpha value is -4.59. The minimum atomic E-state index is -5.19. The molecule has 4 rings (SSSR count). The van der Waals surface area contributed by atoms with E-state index in [1.54, 1.807) is 5.43 Å². The van der Waals surface area contributed by atoms with Crippen LogP contribution in [-0.2, 0) is 17.8 Å². The van der Waals surface area contributed by atoms with Crippen LogP contribution in [-0.4, -0.2) is 40.0 Å². The summed E-state index contributed by atoms with van der Waals surface area (Å²) in [7, 11) is 0. The molecule has 0 unspecified atom stereocenters. The van der Waals surface area contributed by atoms with Crippen molar-refractivity contribution in [3.8, 4) is 11.1 Å². The van der Waals surface area contributed by atoms with Crippen LogP contribution in [0, 0.1) is 0 Å². The zero-order valence-corrected chi connectivity index (χ0v) is 18.8. The van der Waals surface area contributed by atoms with Crippen LogP contribution in [0.5, 0.6) is 0 Å². The predicted octanol–water partition coefficient (Wildman–Crippen LogP) is -0.965. The van der Waals surface area contributed by atoms with Gasteiger partial charge in [0.1, 0.15) is 5.97 Å². The van der Waals surface area contributed by atoms with Crippen LogP contribution in [0.4, 0.5) is 13.2 Å². The summed E-state index contributed by atoms with van der Waals surface area (Å²) in [6.07, 6.45) is -0.693. The number of amidine groups is 1. The van der Waals surface area contributed by atoms with Crippen LogP contribution in [0.3, 0.4) is 0 Å². The first-order valence-electron chi connectivity index (χ1n) is 10.5. The smallest absolute Gasteiger partial charge is 0.430 e. The molecule has 0 amide bonds. The number of halogens is 3. The number of carboxylic acids is 1. The standard InChI is InChI=1S/C20H21N9.C2HF3O2.CH4/c21-20(22)24-10-9-16-11-23-13-29(16)12-14-5-7-15(8-6-14)17-3-1-2-4-18(17)19-25-27-28-26-19;3-2(4,5)1(6)7;/h1-8,11,13H,9-10,12H2,(H4,21,22,24)(H,25,26,27,28);(H,6,7);1H4/p+1. The Morgan fingerprint density at radius 1 is 1.08 bits per heavy atom. The van der Waals surface area contributed by atoms with Crippen LogP contribution in [0.25, 0.3) is 11.1 Å². The molecule has 0 bridgehead atoms. The van der Waals surface area contributed by atoms with Crippen molar-refractivity contribution in [3.63, 3.8) is 0 Å². The van der Waals surface area contributed by atoms with Gasteiger partial charge in [-0.05, 0) is 22.8 Å². The predicted molar refractivity (Wildman–Crippen MR) is 127 cm³/mol. The second-order valence-electron chi connectivity index (χ2n) is 7.49. The van der Waals surface area contributed by atoms with Crippen LogP contribution in [0.1, 0.15) is 24.2 Å². The summed E-state index contributed by atoms with van der Waals surface area (Å²) in [5, 5.41) is 20.4. The number of nitrogens with two attached hydrogens (primary N) is 3. The summed E-state index contributed by atoms with van der Waals surface area (Å²) < 4.78 is 33.7. The van der Waals surface area contributed by atoms with Crippen molar-refractivity contribution < 1.29 is 33.5 Å². The van der Waals surface area contributed by atoms with Gasteiger partial charge >= 0.3 is 12.1 Å². The van der Waals surface area contributed by atoms with Crippen molar-refractivity contribution in [2.24, 2.45) is 27.0 Å². The van der Waals surface area contributed by atoms with Gasteiger partial charge in [-0.25, -0.2) is 4.98 Å². The molecule has 1 aliphatic rings. The summed E-state index contributed by atoms with van der Waals surface area (Å²) in [5.41, 5.74) is 18.1. The van der Waals surface area contributed by atoms with E-state index in [-0.39, 0.29) is 13.4 Å². The van der Waals surface area contributed by atoms with Crippen molar-refractivity contribution in [2.45, 2.75) is 26.6 Å². The quantitative estimate of drug-likeness (QED) is 0.178. The molecule has 3 aromatic rings. The molecule has 2 heterocycles. The molecule has 37 heavy (non-hydrogen) atoms. The molecular weight excluding hydrogens is 491 g/mol. The maximum absolute atomic E-state index is 10.5. The van der Waals surface area contributed by atoms with E-state index in [4.69, 9.17) is 21.4 Å². The molecule has 0 saturated carbocycles. The summed E-state index contributed by atoms with van der Waals surface area (Å²) in [4.78, 5) is 16.0. The van der Waals surface area contributed by atoms with Gasteiger partial charge in [0.25, 0.3) is 5.84 Å². The highest BCUT2D eigenvalue weighted by Crippen LogP contribution is 2.24. The molecule has 196 valence electrons. The summed E-state index contributed by atoms with van der Waals surface area (Å²) in [6, 6.07) is 16.7. The Kier molecular flexibility index (Phi) is 10.0. The molecule has 0 spiro atoms. The number of nitrogens with zero attached hydrogens (tertiary/aromatic N) is 5. The largest absolute Gasteiger partial charge is 0.542 e. The fourth-order valence-corrected chi connectivity index (χ4v) is 3.28. The Balaban J connectivity index is 0.000000532. The minimum Gasteiger partial charge on any atom is -0.542 e. The highest BCUT2D eigenvalue weighted by atomic mass is 19.4. The van der Waals surface area contributed by atoms with Gasteiger partial charge < -0.3 is 14.5 Å². The molecule has 14 heteroatoms. The number of carbonyl (C=O) groups is 1. The molecule has 2 aromatic carbocycles. The first-order valence-corrected chi connectivity index (χ1v) is 10.5. The third-order valence-corrected chi connectivity index (χ3v) is 4.95. The van der Waals surface area contributed by atoms with E-state index in [9.17, 15) is 13.2 Å². The fourth-order valence-electron chi connectivity index (χ4n) is 3.28. The summed E-state index contributed by atoms with van der Waals surface area (Å²) >= 11 is 0. The molecule has 0 saturated heterocycles. The van der Waals surface area contributed by atoms with Crippen molar-refractivity contribution in [2.75, 3.05) is 6.54 Å². The van der Waals surface area contributed by atoms with Crippen molar-refractivity contribution in [1.29, 1.82) is 0 Å². The lowest BCUT2D eigenvalue weighted by Gasteiger charge is -2.10. The van der Waals surface area contributed by atoms with E-state index in [1.165, 1.54) is 5.56 Å². The summed E-state index contributed by atoms with van der Waals surface area (Å²) in [6.45, 7) is 1.42. The molecule has 0 atom stereocenters. The number of nitrogens with one attached hydrogen (secondary N) is 1. The number of guanidine groups is 1. The van der Waals surface area contributed by atoms with Crippen LogP contribution in [0.15, 0.2) is 76.6 Å². The van der Waals surface area contributed by atoms with Gasteiger partial charge in [0.15, 0.2) is 0 Å². The lowest BCUT2D eigenvalue weighted by molar-refractivity contribution is -0.546. The third-order valence-electron chi connectivity index (χ3n) is 4.95. The first-order chi connectivity index (χ1) is 17.1. The number of rotatable bonds is 7. The monoisotopic (exact) mass is 518 g/mol. The Morgan fingerprint density at radius 3 is 2.30 bits per heavy atom. The lowest BCUT2D eigenvalue weighted by atomic mass is 9.98. The van der Waals surface area contributed by atoms with Crippen molar-refractivity contribution in [3.05, 3.63) is 77.9 Å². The van der Waals surface area contributed by atoms with E-state index in [1.807, 2.05) is 30.7 Å². The highest BCUT2D eigenvalue weighted by Gasteiger charge is 2.28. The van der Waals surface area contributed by atoms with E-state index >= 15 is 0 Å². The number of benzene rings is 2. The van der Waals surface area contributed by atoms with E-state index < -0.39 is 12.1 Å². The SMILES string of the molecule is C.NC(N)=[NH+]CCc1cncn1Cc1ccc(-c2ccccc2C2=NN=N[NH2+]2)cc1.O=C([O-])C(F)(F)F. The van der Waals surface area contributed by atoms with Gasteiger partial charge in [-0.2, -0.15) is 13.2 Å². The number of carboxylic acid groups (broad SMARTS) is 1. The van der Waals surface area contributed by atoms with E-state index in [0.29, 0.717) is 6.54 Å². The number of alkyl halides is 3. The zero-order valence-electron chi connectivity index (χ0n) is 18.8. The third kappa shape index (κ3) is 8.24. The average molecular weight is 519 g/mol. The average Bonchev–Trinajstić information content (AvgIpc) is 3.52.